The third kappa shape index (κ3) is 2.72. The van der Waals surface area contributed by atoms with Crippen molar-refractivity contribution in [3.05, 3.63) is 33.9 Å². The summed E-state index contributed by atoms with van der Waals surface area (Å²) in [4.78, 5) is 21.2. The zero-order valence-electron chi connectivity index (χ0n) is 9.54. The van der Waals surface area contributed by atoms with Gasteiger partial charge in [-0.3, -0.25) is 14.9 Å². The molecule has 1 rings (SSSR count). The SMILES string of the molecule is CCOc1cccc(C(C)C(=O)O)c1[N+](=O)[O-]. The molecule has 1 aromatic carbocycles. The summed E-state index contributed by atoms with van der Waals surface area (Å²) in [6, 6.07) is 4.44. The normalized spacial score (nSPS) is 11.9. The molecule has 0 amide bonds. The van der Waals surface area contributed by atoms with Crippen molar-refractivity contribution in [2.75, 3.05) is 6.61 Å². The number of ether oxygens (including phenoxy) is 1. The van der Waals surface area contributed by atoms with Crippen LogP contribution >= 0.6 is 0 Å². The molecule has 0 radical (unpaired) electrons. The van der Waals surface area contributed by atoms with Crippen LogP contribution in [0.2, 0.25) is 0 Å². The minimum absolute atomic E-state index is 0.100. The molecule has 17 heavy (non-hydrogen) atoms. The lowest BCUT2D eigenvalue weighted by atomic mass is 9.99. The van der Waals surface area contributed by atoms with Gasteiger partial charge >= 0.3 is 11.7 Å². The monoisotopic (exact) mass is 239 g/mol. The summed E-state index contributed by atoms with van der Waals surface area (Å²) in [6.45, 7) is 3.39. The van der Waals surface area contributed by atoms with Crippen LogP contribution in [0.3, 0.4) is 0 Å². The van der Waals surface area contributed by atoms with E-state index in [-0.39, 0.29) is 23.6 Å². The lowest BCUT2D eigenvalue weighted by Gasteiger charge is -2.10. The number of hydrogen-bond acceptors (Lipinski definition) is 4. The van der Waals surface area contributed by atoms with Crippen LogP contribution in [0.5, 0.6) is 5.75 Å². The van der Waals surface area contributed by atoms with Gasteiger partial charge in [0.05, 0.1) is 17.4 Å². The molecule has 6 heteroatoms. The second-order valence-corrected chi connectivity index (χ2v) is 3.44. The van der Waals surface area contributed by atoms with E-state index in [4.69, 9.17) is 9.84 Å². The number of carbonyl (C=O) groups is 1. The van der Waals surface area contributed by atoms with E-state index in [0.717, 1.165) is 0 Å². The highest BCUT2D eigenvalue weighted by Crippen LogP contribution is 2.35. The lowest BCUT2D eigenvalue weighted by molar-refractivity contribution is -0.386. The molecule has 1 aromatic rings. The molecule has 0 bridgehead atoms. The molecular formula is C11H13NO5. The summed E-state index contributed by atoms with van der Waals surface area (Å²) < 4.78 is 5.13. The van der Waals surface area contributed by atoms with E-state index in [1.165, 1.54) is 19.1 Å². The molecule has 0 saturated heterocycles. The summed E-state index contributed by atoms with van der Waals surface area (Å²) in [6.07, 6.45) is 0. The zero-order chi connectivity index (χ0) is 13.0. The van der Waals surface area contributed by atoms with Gasteiger partial charge in [-0.15, -0.1) is 0 Å². The Bertz CT molecular complexity index is 443. The third-order valence-corrected chi connectivity index (χ3v) is 2.35. The molecule has 92 valence electrons. The van der Waals surface area contributed by atoms with E-state index in [2.05, 4.69) is 0 Å². The fourth-order valence-electron chi connectivity index (χ4n) is 1.49. The fraction of sp³-hybridized carbons (Fsp3) is 0.364. The van der Waals surface area contributed by atoms with Crippen molar-refractivity contribution in [1.29, 1.82) is 0 Å². The highest BCUT2D eigenvalue weighted by molar-refractivity contribution is 5.78. The van der Waals surface area contributed by atoms with Crippen molar-refractivity contribution in [2.24, 2.45) is 0 Å². The van der Waals surface area contributed by atoms with Crippen LogP contribution in [0, 0.1) is 10.1 Å². The van der Waals surface area contributed by atoms with Crippen molar-refractivity contribution in [2.45, 2.75) is 19.8 Å². The number of benzene rings is 1. The number of carboxylic acid groups (broad SMARTS) is 1. The lowest BCUT2D eigenvalue weighted by Crippen LogP contribution is -2.10. The van der Waals surface area contributed by atoms with Gasteiger partial charge in [0, 0.05) is 5.56 Å². The molecule has 0 fully saturated rings. The Balaban J connectivity index is 3.34. The Kier molecular flexibility index (Phi) is 4.03. The van der Waals surface area contributed by atoms with Gasteiger partial charge in [0.1, 0.15) is 0 Å². The molecule has 1 N–H and O–H groups in total. The molecule has 0 aliphatic carbocycles. The van der Waals surface area contributed by atoms with Crippen LogP contribution in [0.25, 0.3) is 0 Å². The maximum absolute atomic E-state index is 11.0. The highest BCUT2D eigenvalue weighted by atomic mass is 16.6. The Labute approximate surface area is 98.0 Å². The number of nitro groups is 1. The van der Waals surface area contributed by atoms with E-state index in [1.807, 2.05) is 0 Å². The average Bonchev–Trinajstić information content (AvgIpc) is 2.27. The molecule has 0 aliphatic heterocycles. The van der Waals surface area contributed by atoms with Gasteiger partial charge in [-0.05, 0) is 19.9 Å². The standard InChI is InChI=1S/C11H13NO5/c1-3-17-9-6-4-5-8(7(2)11(13)14)10(9)12(15)16/h4-7H,3H2,1-2H3,(H,13,14). The number of rotatable bonds is 5. The molecule has 0 heterocycles. The summed E-state index contributed by atoms with van der Waals surface area (Å²) in [7, 11) is 0. The average molecular weight is 239 g/mol. The Morgan fingerprint density at radius 1 is 1.59 bits per heavy atom. The van der Waals surface area contributed by atoms with Crippen LogP contribution < -0.4 is 4.74 Å². The number of nitrogens with zero attached hydrogens (tertiary/aromatic N) is 1. The molecule has 0 spiro atoms. The van der Waals surface area contributed by atoms with Crippen LogP contribution in [0.4, 0.5) is 5.69 Å². The van der Waals surface area contributed by atoms with E-state index < -0.39 is 16.8 Å². The van der Waals surface area contributed by atoms with Crippen molar-refractivity contribution < 1.29 is 19.6 Å². The second kappa shape index (κ2) is 5.29. The molecule has 0 saturated carbocycles. The number of carboxylic acids is 1. The maximum atomic E-state index is 11.0. The van der Waals surface area contributed by atoms with Gasteiger partial charge in [-0.25, -0.2) is 0 Å². The molecule has 0 aliphatic rings. The topological polar surface area (TPSA) is 89.7 Å². The van der Waals surface area contributed by atoms with Crippen LogP contribution in [0.1, 0.15) is 25.3 Å². The summed E-state index contributed by atoms with van der Waals surface area (Å²) in [5.74, 6) is -1.96. The second-order valence-electron chi connectivity index (χ2n) is 3.44. The predicted molar refractivity (Wildman–Crippen MR) is 60.3 cm³/mol. The Morgan fingerprint density at radius 3 is 2.71 bits per heavy atom. The quantitative estimate of drug-likeness (QED) is 0.628. The van der Waals surface area contributed by atoms with Gasteiger partial charge in [0.15, 0.2) is 5.75 Å². The Hall–Kier alpha value is -2.11. The molecule has 1 atom stereocenters. The van der Waals surface area contributed by atoms with Gasteiger partial charge in [0.2, 0.25) is 0 Å². The van der Waals surface area contributed by atoms with Crippen LogP contribution in [-0.4, -0.2) is 22.6 Å². The van der Waals surface area contributed by atoms with Crippen molar-refractivity contribution in [3.63, 3.8) is 0 Å². The first-order valence-corrected chi connectivity index (χ1v) is 5.12. The summed E-state index contributed by atoms with van der Waals surface area (Å²) >= 11 is 0. The highest BCUT2D eigenvalue weighted by Gasteiger charge is 2.27. The first kappa shape index (κ1) is 13.0. The number of para-hydroxylation sites is 1. The van der Waals surface area contributed by atoms with Crippen molar-refractivity contribution in [3.8, 4) is 5.75 Å². The van der Waals surface area contributed by atoms with Gasteiger partial charge in [-0.1, -0.05) is 12.1 Å². The van der Waals surface area contributed by atoms with Gasteiger partial charge in [0.25, 0.3) is 0 Å². The molecule has 0 aromatic heterocycles. The first-order valence-electron chi connectivity index (χ1n) is 5.12. The van der Waals surface area contributed by atoms with E-state index in [9.17, 15) is 14.9 Å². The summed E-state index contributed by atoms with van der Waals surface area (Å²) in [5, 5.41) is 19.9. The predicted octanol–water partition coefficient (Wildman–Crippen LogP) is 2.18. The maximum Gasteiger partial charge on any atom is 0.314 e. The minimum atomic E-state index is -1.11. The van der Waals surface area contributed by atoms with E-state index in [0.29, 0.717) is 0 Å². The smallest absolute Gasteiger partial charge is 0.314 e. The number of nitro benzene ring substituents is 1. The molecule has 6 nitrogen and oxygen atoms in total. The number of aliphatic carboxylic acids is 1. The van der Waals surface area contributed by atoms with Crippen LogP contribution in [0.15, 0.2) is 18.2 Å². The largest absolute Gasteiger partial charge is 0.487 e. The first-order chi connectivity index (χ1) is 7.99. The fourth-order valence-corrected chi connectivity index (χ4v) is 1.49. The van der Waals surface area contributed by atoms with Crippen molar-refractivity contribution in [1.82, 2.24) is 0 Å². The van der Waals surface area contributed by atoms with Crippen LogP contribution in [-0.2, 0) is 4.79 Å². The van der Waals surface area contributed by atoms with E-state index in [1.54, 1.807) is 13.0 Å². The summed E-state index contributed by atoms with van der Waals surface area (Å²) in [5.41, 5.74) is -0.127. The Morgan fingerprint density at radius 2 is 2.24 bits per heavy atom. The van der Waals surface area contributed by atoms with Gasteiger partial charge < -0.3 is 9.84 Å². The molecular weight excluding hydrogens is 226 g/mol. The number of hydrogen-bond donors (Lipinski definition) is 1. The molecule has 1 unspecified atom stereocenters. The van der Waals surface area contributed by atoms with E-state index >= 15 is 0 Å². The van der Waals surface area contributed by atoms with Crippen molar-refractivity contribution >= 4 is 11.7 Å². The zero-order valence-corrected chi connectivity index (χ0v) is 9.54. The third-order valence-electron chi connectivity index (χ3n) is 2.35. The van der Waals surface area contributed by atoms with Gasteiger partial charge in [-0.2, -0.15) is 0 Å². The minimum Gasteiger partial charge on any atom is -0.487 e.